The first-order valence-corrected chi connectivity index (χ1v) is 6.74. The van der Waals surface area contributed by atoms with Gasteiger partial charge < -0.3 is 0 Å². The number of nitrogens with one attached hydrogen (secondary N) is 1. The second kappa shape index (κ2) is 4.37. The largest absolute Gasteiger partial charge is 0.245 e. The Hall–Kier alpha value is -0.460. The topological polar surface area (TPSA) is 59.1 Å². The summed E-state index contributed by atoms with van der Waals surface area (Å²) in [4.78, 5) is 4.16. The molecule has 1 heterocycles. The van der Waals surface area contributed by atoms with Gasteiger partial charge in [0.25, 0.3) is 0 Å². The van der Waals surface area contributed by atoms with Gasteiger partial charge in [-0.25, -0.2) is 18.1 Å². The van der Waals surface area contributed by atoms with Crippen molar-refractivity contribution in [2.45, 2.75) is 32.6 Å². The lowest BCUT2D eigenvalue weighted by Crippen LogP contribution is -2.30. The van der Waals surface area contributed by atoms with Gasteiger partial charge in [-0.15, -0.1) is 11.3 Å². The molecule has 14 heavy (non-hydrogen) atoms. The van der Waals surface area contributed by atoms with Crippen LogP contribution < -0.4 is 4.72 Å². The molecule has 0 amide bonds. The van der Waals surface area contributed by atoms with Crippen LogP contribution in [0.5, 0.6) is 0 Å². The summed E-state index contributed by atoms with van der Waals surface area (Å²) in [6, 6.07) is 0. The summed E-state index contributed by atoms with van der Waals surface area (Å²) in [5.41, 5.74) is 0.775. The van der Waals surface area contributed by atoms with Gasteiger partial charge in [0.2, 0.25) is 10.0 Å². The average Bonchev–Trinajstić information content (AvgIpc) is 2.48. The lowest BCUT2D eigenvalue weighted by Gasteiger charge is -2.07. The molecule has 0 bridgehead atoms. The van der Waals surface area contributed by atoms with Crippen LogP contribution in [-0.4, -0.2) is 18.7 Å². The van der Waals surface area contributed by atoms with Crippen LogP contribution in [0.2, 0.25) is 0 Å². The van der Waals surface area contributed by atoms with Crippen molar-refractivity contribution in [1.82, 2.24) is 9.71 Å². The molecule has 0 saturated heterocycles. The first-order chi connectivity index (χ1) is 6.42. The minimum absolute atomic E-state index is 0.283. The van der Waals surface area contributed by atoms with Gasteiger partial charge in [0, 0.05) is 5.38 Å². The Bertz CT molecular complexity index is 395. The minimum Gasteiger partial charge on any atom is -0.245 e. The van der Waals surface area contributed by atoms with Gasteiger partial charge in [-0.3, -0.25) is 0 Å². The molecule has 0 radical (unpaired) electrons. The molecular weight excluding hydrogens is 220 g/mol. The van der Waals surface area contributed by atoms with Crippen LogP contribution >= 0.6 is 11.3 Å². The van der Waals surface area contributed by atoms with Gasteiger partial charge in [-0.1, -0.05) is 0 Å². The summed E-state index contributed by atoms with van der Waals surface area (Å²) >= 11 is 1.52. The normalized spacial score (nSPS) is 12.3. The van der Waals surface area contributed by atoms with E-state index in [4.69, 9.17) is 0 Å². The van der Waals surface area contributed by atoms with Crippen LogP contribution in [0.4, 0.5) is 0 Å². The zero-order valence-electron chi connectivity index (χ0n) is 8.44. The van der Waals surface area contributed by atoms with Crippen LogP contribution in [0, 0.1) is 6.92 Å². The number of sulfonamides is 1. The molecule has 1 aromatic heterocycles. The molecule has 0 aliphatic rings. The predicted molar refractivity (Wildman–Crippen MR) is 57.7 cm³/mol. The molecule has 0 saturated carbocycles. The molecule has 0 aliphatic carbocycles. The Morgan fingerprint density at radius 1 is 1.57 bits per heavy atom. The Morgan fingerprint density at radius 3 is 2.64 bits per heavy atom. The van der Waals surface area contributed by atoms with Gasteiger partial charge in [-0.2, -0.15) is 0 Å². The summed E-state index contributed by atoms with van der Waals surface area (Å²) in [5, 5.41) is 2.41. The van der Waals surface area contributed by atoms with Crippen molar-refractivity contribution in [2.24, 2.45) is 0 Å². The van der Waals surface area contributed by atoms with Crippen LogP contribution in [0.15, 0.2) is 5.38 Å². The van der Waals surface area contributed by atoms with Crippen molar-refractivity contribution >= 4 is 21.4 Å². The number of aryl methyl sites for hydroxylation is 1. The van der Waals surface area contributed by atoms with Crippen molar-refractivity contribution in [2.75, 3.05) is 0 Å². The van der Waals surface area contributed by atoms with E-state index in [1.807, 2.05) is 12.3 Å². The van der Waals surface area contributed by atoms with E-state index in [-0.39, 0.29) is 6.54 Å². The van der Waals surface area contributed by atoms with E-state index in [0.29, 0.717) is 0 Å². The zero-order valence-corrected chi connectivity index (χ0v) is 10.1. The summed E-state index contributed by atoms with van der Waals surface area (Å²) in [6.45, 7) is 5.47. The summed E-state index contributed by atoms with van der Waals surface area (Å²) < 4.78 is 25.3. The molecule has 80 valence electrons. The minimum atomic E-state index is -3.17. The molecule has 0 aliphatic heterocycles. The number of aromatic nitrogens is 1. The smallest absolute Gasteiger partial charge is 0.214 e. The molecule has 0 atom stereocenters. The molecule has 6 heteroatoms. The van der Waals surface area contributed by atoms with E-state index in [1.54, 1.807) is 13.8 Å². The molecular formula is C8H14N2O2S2. The Balaban J connectivity index is 2.57. The summed E-state index contributed by atoms with van der Waals surface area (Å²) in [7, 11) is -3.17. The van der Waals surface area contributed by atoms with E-state index >= 15 is 0 Å². The molecule has 1 rings (SSSR count). The van der Waals surface area contributed by atoms with Crippen molar-refractivity contribution in [3.05, 3.63) is 16.1 Å². The van der Waals surface area contributed by atoms with Crippen molar-refractivity contribution in [3.63, 3.8) is 0 Å². The molecule has 0 fully saturated rings. The van der Waals surface area contributed by atoms with E-state index < -0.39 is 15.3 Å². The fourth-order valence-corrected chi connectivity index (χ4v) is 2.13. The third-order valence-corrected chi connectivity index (χ3v) is 4.35. The maximum absolute atomic E-state index is 11.4. The molecule has 0 unspecified atom stereocenters. The number of hydrogen-bond donors (Lipinski definition) is 1. The maximum Gasteiger partial charge on any atom is 0.214 e. The fourth-order valence-electron chi connectivity index (χ4n) is 0.831. The van der Waals surface area contributed by atoms with Gasteiger partial charge >= 0.3 is 0 Å². The van der Waals surface area contributed by atoms with E-state index in [0.717, 1.165) is 10.7 Å². The van der Waals surface area contributed by atoms with Gasteiger partial charge in [0.15, 0.2) is 0 Å². The number of rotatable bonds is 4. The average molecular weight is 234 g/mol. The Kier molecular flexibility index (Phi) is 3.63. The highest BCUT2D eigenvalue weighted by Crippen LogP contribution is 2.08. The molecule has 0 spiro atoms. The zero-order chi connectivity index (χ0) is 10.8. The highest BCUT2D eigenvalue weighted by molar-refractivity contribution is 7.90. The quantitative estimate of drug-likeness (QED) is 0.853. The van der Waals surface area contributed by atoms with Crippen molar-refractivity contribution in [1.29, 1.82) is 0 Å². The first-order valence-electron chi connectivity index (χ1n) is 4.31. The third kappa shape index (κ3) is 3.04. The lowest BCUT2D eigenvalue weighted by atomic mass is 10.5. The van der Waals surface area contributed by atoms with Crippen LogP contribution in [-0.2, 0) is 16.6 Å². The fraction of sp³-hybridized carbons (Fsp3) is 0.625. The van der Waals surface area contributed by atoms with Crippen LogP contribution in [0.25, 0.3) is 0 Å². The van der Waals surface area contributed by atoms with Crippen molar-refractivity contribution in [3.8, 4) is 0 Å². The highest BCUT2D eigenvalue weighted by atomic mass is 32.2. The monoisotopic (exact) mass is 234 g/mol. The predicted octanol–water partition coefficient (Wildman–Crippen LogP) is 1.28. The van der Waals surface area contributed by atoms with E-state index in [9.17, 15) is 8.42 Å². The third-order valence-electron chi connectivity index (χ3n) is 1.74. The molecule has 1 aromatic rings. The Morgan fingerprint density at radius 2 is 2.21 bits per heavy atom. The van der Waals surface area contributed by atoms with Gasteiger partial charge in [-0.05, 0) is 20.8 Å². The summed E-state index contributed by atoms with van der Waals surface area (Å²) in [5.74, 6) is 0. The maximum atomic E-state index is 11.4. The van der Waals surface area contributed by atoms with Gasteiger partial charge in [0.1, 0.15) is 0 Å². The number of thiazole rings is 1. The second-order valence-electron chi connectivity index (χ2n) is 3.27. The van der Waals surface area contributed by atoms with Crippen LogP contribution in [0.3, 0.4) is 0 Å². The van der Waals surface area contributed by atoms with Gasteiger partial charge in [0.05, 0.1) is 22.5 Å². The SMILES string of the molecule is Cc1nc(CNS(=O)(=O)C(C)C)cs1. The highest BCUT2D eigenvalue weighted by Gasteiger charge is 2.15. The number of nitrogens with zero attached hydrogens (tertiary/aromatic N) is 1. The molecule has 0 aromatic carbocycles. The second-order valence-corrected chi connectivity index (χ2v) is 6.66. The van der Waals surface area contributed by atoms with E-state index in [1.165, 1.54) is 11.3 Å². The lowest BCUT2D eigenvalue weighted by molar-refractivity contribution is 0.571. The molecule has 4 nitrogen and oxygen atoms in total. The summed E-state index contributed by atoms with van der Waals surface area (Å²) in [6.07, 6.45) is 0. The van der Waals surface area contributed by atoms with E-state index in [2.05, 4.69) is 9.71 Å². The first kappa shape index (κ1) is 11.6. The molecule has 1 N–H and O–H groups in total. The van der Waals surface area contributed by atoms with Crippen molar-refractivity contribution < 1.29 is 8.42 Å². The number of hydrogen-bond acceptors (Lipinski definition) is 4. The van der Waals surface area contributed by atoms with Crippen LogP contribution in [0.1, 0.15) is 24.5 Å². The standard InChI is InChI=1S/C8H14N2O2S2/c1-6(2)14(11,12)9-4-8-5-13-7(3)10-8/h5-6,9H,4H2,1-3H3. The Labute approximate surface area is 88.4 Å².